The third-order valence-corrected chi connectivity index (χ3v) is 9.98. The number of benzene rings is 4. The molecule has 0 saturated heterocycles. The number of rotatable bonds is 12. The molecule has 4 heteroatoms. The summed E-state index contributed by atoms with van der Waals surface area (Å²) < 4.78 is 7.34. The summed E-state index contributed by atoms with van der Waals surface area (Å²) in [7, 11) is 0. The number of unbranched alkanes of at least 4 members (excludes halogenated alkanes) is 9. The number of fused-ring (bicyclic) bond motifs is 7. The van der Waals surface area contributed by atoms with Gasteiger partial charge in [-0.1, -0.05) is 134 Å². The smallest absolute Gasteiger partial charge is 0.228 e. The van der Waals surface area contributed by atoms with Gasteiger partial charge in [0.15, 0.2) is 5.75 Å². The van der Waals surface area contributed by atoms with Crippen LogP contribution in [-0.2, 0) is 5.41 Å². The second-order valence-electron chi connectivity index (χ2n) is 12.3. The van der Waals surface area contributed by atoms with Crippen molar-refractivity contribution in [2.75, 3.05) is 16.8 Å². The highest BCUT2D eigenvalue weighted by atomic mass is 79.9. The number of hydrogen-bond donors (Lipinski definition) is 0. The van der Waals surface area contributed by atoms with Gasteiger partial charge in [0.2, 0.25) is 5.72 Å². The molecule has 0 amide bonds. The Balaban J connectivity index is 1.24. The Morgan fingerprint density at radius 3 is 1.88 bits per heavy atom. The van der Waals surface area contributed by atoms with Gasteiger partial charge in [-0.3, -0.25) is 4.99 Å². The number of aliphatic imine (C=N–C) groups is 1. The van der Waals surface area contributed by atoms with Gasteiger partial charge in [-0.25, -0.2) is 0 Å². The zero-order valence-corrected chi connectivity index (χ0v) is 26.3. The van der Waals surface area contributed by atoms with E-state index in [-0.39, 0.29) is 5.41 Å². The monoisotopic (exact) mass is 610 g/mol. The molecule has 1 spiro atoms. The SMILES string of the molecule is CC1(C)c2ccccc2N(CCCCCCCCCCCCBr)C12C=Nc1c(c3ccccc3c3ccccc13)O2. The van der Waals surface area contributed by atoms with E-state index in [1.54, 1.807) is 0 Å². The van der Waals surface area contributed by atoms with Crippen LogP contribution in [0.2, 0.25) is 0 Å². The van der Waals surface area contributed by atoms with Gasteiger partial charge in [0.25, 0.3) is 0 Å². The third kappa shape index (κ3) is 5.07. The van der Waals surface area contributed by atoms with Gasteiger partial charge < -0.3 is 9.64 Å². The van der Waals surface area contributed by atoms with E-state index >= 15 is 0 Å². The maximum absolute atomic E-state index is 7.34. The molecular formula is C37H43BrN2O. The number of para-hydroxylation sites is 1. The molecule has 4 aromatic rings. The van der Waals surface area contributed by atoms with Crippen molar-refractivity contribution in [2.45, 2.75) is 89.2 Å². The van der Waals surface area contributed by atoms with E-state index in [0.29, 0.717) is 0 Å². The summed E-state index contributed by atoms with van der Waals surface area (Å²) in [4.78, 5) is 7.76. The Morgan fingerprint density at radius 1 is 0.659 bits per heavy atom. The summed E-state index contributed by atoms with van der Waals surface area (Å²) in [5.74, 6) is 0.906. The molecule has 0 saturated carbocycles. The van der Waals surface area contributed by atoms with Crippen LogP contribution in [-0.4, -0.2) is 23.8 Å². The van der Waals surface area contributed by atoms with E-state index in [0.717, 1.165) is 40.5 Å². The number of alkyl halides is 1. The number of ether oxygens (including phenoxy) is 1. The lowest BCUT2D eigenvalue weighted by atomic mass is 9.77. The molecule has 2 aliphatic rings. The summed E-state index contributed by atoms with van der Waals surface area (Å²) in [5, 5.41) is 5.87. The molecule has 3 nitrogen and oxygen atoms in total. The topological polar surface area (TPSA) is 24.8 Å². The minimum atomic E-state index is -0.677. The molecule has 0 aromatic heterocycles. The predicted octanol–water partition coefficient (Wildman–Crippen LogP) is 10.9. The van der Waals surface area contributed by atoms with Crippen LogP contribution in [0.25, 0.3) is 21.5 Å². The second-order valence-corrected chi connectivity index (χ2v) is 13.1. The molecule has 0 bridgehead atoms. The first-order valence-electron chi connectivity index (χ1n) is 15.7. The Labute approximate surface area is 254 Å². The first-order valence-corrected chi connectivity index (χ1v) is 16.8. The standard InChI is InChI=1S/C37H43BrN2O/c1-36(2)32-23-15-16-24-33(32)40(26-18-10-8-6-4-3-5-7-9-17-25-38)37(36)27-39-34-30-21-13-11-19-28(30)29-20-12-14-22-31(29)35(34)41-37/h11-16,19-24,27H,3-10,17-18,25-26H2,1-2H3. The minimum absolute atomic E-state index is 0.271. The van der Waals surface area contributed by atoms with E-state index < -0.39 is 5.72 Å². The number of anilines is 1. The Bertz CT molecular complexity index is 1540. The third-order valence-electron chi connectivity index (χ3n) is 9.42. The molecule has 1 atom stereocenters. The fourth-order valence-corrected chi connectivity index (χ4v) is 7.48. The molecule has 0 fully saturated rings. The second kappa shape index (κ2) is 12.2. The number of nitrogens with zero attached hydrogens (tertiary/aromatic N) is 2. The largest absolute Gasteiger partial charge is 0.459 e. The lowest BCUT2D eigenvalue weighted by Crippen LogP contribution is -2.62. The quantitative estimate of drug-likeness (QED) is 0.0905. The summed E-state index contributed by atoms with van der Waals surface area (Å²) in [6, 6.07) is 26.1. The molecule has 214 valence electrons. The zero-order valence-electron chi connectivity index (χ0n) is 24.7. The highest BCUT2D eigenvalue weighted by molar-refractivity contribution is 9.09. The van der Waals surface area contributed by atoms with Gasteiger partial charge in [-0.05, 0) is 49.1 Å². The van der Waals surface area contributed by atoms with Crippen LogP contribution in [0.15, 0.2) is 77.8 Å². The molecule has 0 aliphatic carbocycles. The number of hydrogen-bond acceptors (Lipinski definition) is 3. The summed E-state index contributed by atoms with van der Waals surface area (Å²) in [5.41, 5.74) is 2.61. The Kier molecular flexibility index (Phi) is 8.40. The summed E-state index contributed by atoms with van der Waals surface area (Å²) >= 11 is 3.54. The molecular weight excluding hydrogens is 568 g/mol. The van der Waals surface area contributed by atoms with E-state index in [9.17, 15) is 0 Å². The molecule has 4 aromatic carbocycles. The number of halogens is 1. The van der Waals surface area contributed by atoms with Crippen LogP contribution in [0.5, 0.6) is 5.75 Å². The van der Waals surface area contributed by atoms with Crippen LogP contribution in [0, 0.1) is 0 Å². The van der Waals surface area contributed by atoms with Crippen LogP contribution in [0.4, 0.5) is 11.4 Å². The molecule has 0 radical (unpaired) electrons. The van der Waals surface area contributed by atoms with Gasteiger partial charge in [0.05, 0.1) is 11.6 Å². The average molecular weight is 612 g/mol. The van der Waals surface area contributed by atoms with Crippen LogP contribution >= 0.6 is 15.9 Å². The highest BCUT2D eigenvalue weighted by Crippen LogP contribution is 2.56. The molecule has 6 rings (SSSR count). The van der Waals surface area contributed by atoms with Crippen molar-refractivity contribution in [1.82, 2.24) is 0 Å². The predicted molar refractivity (Wildman–Crippen MR) is 180 cm³/mol. The maximum atomic E-state index is 7.34. The van der Waals surface area contributed by atoms with Crippen LogP contribution in [0.3, 0.4) is 0 Å². The lowest BCUT2D eigenvalue weighted by molar-refractivity contribution is 0.0791. The summed E-state index contributed by atoms with van der Waals surface area (Å²) in [6.45, 7) is 5.60. The lowest BCUT2D eigenvalue weighted by Gasteiger charge is -2.46. The fraction of sp³-hybridized carbons (Fsp3) is 0.432. The van der Waals surface area contributed by atoms with Gasteiger partial charge in [0, 0.05) is 28.3 Å². The molecule has 2 heterocycles. The first kappa shape index (κ1) is 28.3. The van der Waals surface area contributed by atoms with Gasteiger partial charge >= 0.3 is 0 Å². The Hall–Kier alpha value is -2.85. The molecule has 2 aliphatic heterocycles. The Morgan fingerprint density at radius 2 is 1.20 bits per heavy atom. The van der Waals surface area contributed by atoms with Gasteiger partial charge in [0.1, 0.15) is 5.69 Å². The van der Waals surface area contributed by atoms with E-state index in [4.69, 9.17) is 9.73 Å². The zero-order chi connectivity index (χ0) is 28.3. The normalized spacial score (nSPS) is 18.7. The van der Waals surface area contributed by atoms with Crippen LogP contribution < -0.4 is 9.64 Å². The van der Waals surface area contributed by atoms with Crippen molar-refractivity contribution in [2.24, 2.45) is 4.99 Å². The van der Waals surface area contributed by atoms with E-state index in [2.05, 4.69) is 114 Å². The van der Waals surface area contributed by atoms with Crippen molar-refractivity contribution >= 4 is 55.1 Å². The van der Waals surface area contributed by atoms with Crippen molar-refractivity contribution < 1.29 is 4.74 Å². The van der Waals surface area contributed by atoms with Gasteiger partial charge in [-0.15, -0.1) is 0 Å². The average Bonchev–Trinajstić information content (AvgIpc) is 3.18. The fourth-order valence-electron chi connectivity index (χ4n) is 7.08. The van der Waals surface area contributed by atoms with Crippen molar-refractivity contribution in [3.05, 3.63) is 78.4 Å². The molecule has 1 unspecified atom stereocenters. The first-order chi connectivity index (χ1) is 20.1. The summed E-state index contributed by atoms with van der Waals surface area (Å²) in [6.07, 6.45) is 15.4. The molecule has 0 N–H and O–H groups in total. The molecule has 41 heavy (non-hydrogen) atoms. The maximum Gasteiger partial charge on any atom is 0.228 e. The van der Waals surface area contributed by atoms with E-state index in [1.807, 2.05) is 0 Å². The van der Waals surface area contributed by atoms with Crippen LogP contribution in [0.1, 0.15) is 83.6 Å². The minimum Gasteiger partial charge on any atom is -0.459 e. The highest BCUT2D eigenvalue weighted by Gasteiger charge is 2.59. The van der Waals surface area contributed by atoms with Crippen molar-refractivity contribution in [3.63, 3.8) is 0 Å². The van der Waals surface area contributed by atoms with Crippen molar-refractivity contribution in [1.29, 1.82) is 0 Å². The van der Waals surface area contributed by atoms with Gasteiger partial charge in [-0.2, -0.15) is 0 Å². The van der Waals surface area contributed by atoms with E-state index in [1.165, 1.54) is 79.8 Å². The van der Waals surface area contributed by atoms with Crippen molar-refractivity contribution in [3.8, 4) is 5.75 Å².